The largest absolute Gasteiger partial charge is 0.439 e. The number of hydrogen-bond acceptors (Lipinski definition) is 5. The third-order valence-corrected chi connectivity index (χ3v) is 4.46. The molecule has 2 aliphatic rings. The fourth-order valence-corrected chi connectivity index (χ4v) is 3.35. The fourth-order valence-electron chi connectivity index (χ4n) is 3.35. The summed E-state index contributed by atoms with van der Waals surface area (Å²) in [7, 11) is 0. The summed E-state index contributed by atoms with van der Waals surface area (Å²) in [4.78, 5) is 26.1. The van der Waals surface area contributed by atoms with Crippen molar-refractivity contribution in [1.29, 1.82) is 0 Å². The van der Waals surface area contributed by atoms with Crippen molar-refractivity contribution in [3.63, 3.8) is 0 Å². The smallest absolute Gasteiger partial charge is 0.407 e. The van der Waals surface area contributed by atoms with Gasteiger partial charge in [0.1, 0.15) is 11.3 Å². The highest BCUT2D eigenvalue weighted by Crippen LogP contribution is 2.29. The highest BCUT2D eigenvalue weighted by molar-refractivity contribution is 5.93. The molecule has 8 nitrogen and oxygen atoms in total. The van der Waals surface area contributed by atoms with E-state index >= 15 is 0 Å². The molecule has 0 saturated carbocycles. The zero-order valence-corrected chi connectivity index (χ0v) is 14.2. The zero-order chi connectivity index (χ0) is 17.2. The molecule has 1 N–H and O–H groups in total. The van der Waals surface area contributed by atoms with E-state index in [0.717, 1.165) is 18.5 Å². The lowest BCUT2D eigenvalue weighted by Crippen LogP contribution is -2.52. The molecule has 0 unspecified atom stereocenters. The molecule has 24 heavy (non-hydrogen) atoms. The van der Waals surface area contributed by atoms with Gasteiger partial charge in [0.15, 0.2) is 0 Å². The fraction of sp³-hybridized carbons (Fsp3) is 0.688. The lowest BCUT2D eigenvalue weighted by atomic mass is 9.93. The third kappa shape index (κ3) is 3.38. The molecule has 0 aliphatic carbocycles. The molecule has 132 valence electrons. The van der Waals surface area contributed by atoms with Gasteiger partial charge in [-0.1, -0.05) is 0 Å². The van der Waals surface area contributed by atoms with Crippen LogP contribution in [0.1, 0.15) is 35.9 Å². The molecule has 1 aromatic heterocycles. The second-order valence-corrected chi connectivity index (χ2v) is 6.35. The Morgan fingerprint density at radius 2 is 2.38 bits per heavy atom. The van der Waals surface area contributed by atoms with Crippen LogP contribution in [0.25, 0.3) is 0 Å². The van der Waals surface area contributed by atoms with Gasteiger partial charge >= 0.3 is 6.09 Å². The van der Waals surface area contributed by atoms with Crippen LogP contribution >= 0.6 is 0 Å². The van der Waals surface area contributed by atoms with Gasteiger partial charge in [0, 0.05) is 13.2 Å². The molecular formula is C16H24N4O4. The lowest BCUT2D eigenvalue weighted by molar-refractivity contribution is -0.00552. The van der Waals surface area contributed by atoms with Gasteiger partial charge in [0.2, 0.25) is 0 Å². The molecule has 2 saturated heterocycles. The van der Waals surface area contributed by atoms with Gasteiger partial charge in [0.05, 0.1) is 31.9 Å². The van der Waals surface area contributed by atoms with Crippen molar-refractivity contribution in [1.82, 2.24) is 20.0 Å². The minimum atomic E-state index is -0.587. The monoisotopic (exact) mass is 336 g/mol. The summed E-state index contributed by atoms with van der Waals surface area (Å²) in [5.74, 6) is -0.0749. The van der Waals surface area contributed by atoms with Crippen LogP contribution in [0.15, 0.2) is 6.07 Å². The van der Waals surface area contributed by atoms with Crippen molar-refractivity contribution < 1.29 is 19.1 Å². The standard InChI is InChI=1S/C16H24N4O4/c1-3-23-8-7-20-13(9-12(2)18-20)14(21)19-6-4-5-16(11-19)10-17-15(22)24-16/h9H,3-8,10-11H2,1-2H3,(H,17,22)/t16-/m0/s1. The van der Waals surface area contributed by atoms with Crippen LogP contribution in [0.3, 0.4) is 0 Å². The predicted octanol–water partition coefficient (Wildman–Crippen LogP) is 0.943. The van der Waals surface area contributed by atoms with Crippen LogP contribution in [0.5, 0.6) is 0 Å². The van der Waals surface area contributed by atoms with E-state index in [1.807, 2.05) is 13.8 Å². The van der Waals surface area contributed by atoms with Gasteiger partial charge in [-0.3, -0.25) is 9.48 Å². The van der Waals surface area contributed by atoms with Crippen LogP contribution in [-0.2, 0) is 16.0 Å². The van der Waals surface area contributed by atoms with Crippen molar-refractivity contribution in [2.24, 2.45) is 0 Å². The summed E-state index contributed by atoms with van der Waals surface area (Å²) in [5.41, 5.74) is 0.771. The number of nitrogens with zero attached hydrogens (tertiary/aromatic N) is 3. The van der Waals surface area contributed by atoms with Crippen molar-refractivity contribution in [3.05, 3.63) is 17.5 Å². The summed E-state index contributed by atoms with van der Waals surface area (Å²) < 4.78 is 12.5. The Labute approximate surface area is 141 Å². The number of alkyl carbamates (subject to hydrolysis) is 1. The molecule has 3 heterocycles. The number of rotatable bonds is 5. The molecule has 8 heteroatoms. The molecule has 2 amide bonds. The average molecular weight is 336 g/mol. The molecule has 1 atom stereocenters. The summed E-state index contributed by atoms with van der Waals surface area (Å²) in [6, 6.07) is 1.80. The molecular weight excluding hydrogens is 312 g/mol. The summed E-state index contributed by atoms with van der Waals surface area (Å²) in [6.45, 7) is 7.03. The number of aromatic nitrogens is 2. The number of aryl methyl sites for hydroxylation is 1. The zero-order valence-electron chi connectivity index (χ0n) is 14.2. The van der Waals surface area contributed by atoms with Gasteiger partial charge in [-0.15, -0.1) is 0 Å². The van der Waals surface area contributed by atoms with Crippen LogP contribution < -0.4 is 5.32 Å². The molecule has 0 bridgehead atoms. The maximum absolute atomic E-state index is 13.0. The van der Waals surface area contributed by atoms with Gasteiger partial charge in [-0.25, -0.2) is 4.79 Å². The Morgan fingerprint density at radius 1 is 1.54 bits per heavy atom. The molecule has 1 spiro atoms. The number of piperidine rings is 1. The quantitative estimate of drug-likeness (QED) is 0.809. The number of likely N-dealkylation sites (tertiary alicyclic amines) is 1. The Hall–Kier alpha value is -2.09. The maximum atomic E-state index is 13.0. The van der Waals surface area contributed by atoms with Crippen molar-refractivity contribution in [2.75, 3.05) is 32.8 Å². The molecule has 1 aromatic rings. The SMILES string of the molecule is CCOCCn1nc(C)cc1C(=O)N1CCC[C@]2(CNC(=O)O2)C1. The summed E-state index contributed by atoms with van der Waals surface area (Å²) in [6.07, 6.45) is 1.19. The first-order chi connectivity index (χ1) is 11.5. The minimum absolute atomic E-state index is 0.0749. The Kier molecular flexibility index (Phi) is 4.75. The van der Waals surface area contributed by atoms with E-state index < -0.39 is 11.7 Å². The van der Waals surface area contributed by atoms with Gasteiger partial charge < -0.3 is 19.7 Å². The molecule has 0 radical (unpaired) electrons. The molecule has 2 fully saturated rings. The van der Waals surface area contributed by atoms with Crippen molar-refractivity contribution >= 4 is 12.0 Å². The first-order valence-electron chi connectivity index (χ1n) is 8.41. The average Bonchev–Trinajstić information content (AvgIpc) is 3.10. The Morgan fingerprint density at radius 3 is 3.08 bits per heavy atom. The van der Waals surface area contributed by atoms with E-state index in [-0.39, 0.29) is 5.91 Å². The maximum Gasteiger partial charge on any atom is 0.407 e. The van der Waals surface area contributed by atoms with E-state index in [1.54, 1.807) is 15.6 Å². The third-order valence-electron chi connectivity index (χ3n) is 4.46. The number of amides is 2. The second-order valence-electron chi connectivity index (χ2n) is 6.35. The number of ether oxygens (including phenoxy) is 2. The van der Waals surface area contributed by atoms with Crippen molar-refractivity contribution in [2.45, 2.75) is 38.8 Å². The predicted molar refractivity (Wildman–Crippen MR) is 85.8 cm³/mol. The summed E-state index contributed by atoms with van der Waals surface area (Å²) in [5, 5.41) is 7.09. The molecule has 0 aromatic carbocycles. The first-order valence-corrected chi connectivity index (χ1v) is 8.41. The van der Waals surface area contributed by atoms with E-state index in [9.17, 15) is 9.59 Å². The van der Waals surface area contributed by atoms with Crippen molar-refractivity contribution in [3.8, 4) is 0 Å². The van der Waals surface area contributed by atoms with E-state index in [0.29, 0.717) is 45.1 Å². The minimum Gasteiger partial charge on any atom is -0.439 e. The Balaban J connectivity index is 1.73. The van der Waals surface area contributed by atoms with Crippen LogP contribution in [0.4, 0.5) is 4.79 Å². The van der Waals surface area contributed by atoms with Gasteiger partial charge in [0.25, 0.3) is 5.91 Å². The van der Waals surface area contributed by atoms with E-state index in [4.69, 9.17) is 9.47 Å². The Bertz CT molecular complexity index is 630. The normalized spacial score (nSPS) is 23.4. The number of carbonyl (C=O) groups excluding carboxylic acids is 2. The molecule has 3 rings (SSSR count). The van der Waals surface area contributed by atoms with Gasteiger partial charge in [-0.2, -0.15) is 5.10 Å². The van der Waals surface area contributed by atoms with Crippen LogP contribution in [-0.4, -0.2) is 65.1 Å². The van der Waals surface area contributed by atoms with Crippen LogP contribution in [0.2, 0.25) is 0 Å². The summed E-state index contributed by atoms with van der Waals surface area (Å²) >= 11 is 0. The number of hydrogen-bond donors (Lipinski definition) is 1. The first kappa shape index (κ1) is 16.8. The van der Waals surface area contributed by atoms with E-state index in [1.165, 1.54) is 0 Å². The molecule has 2 aliphatic heterocycles. The lowest BCUT2D eigenvalue weighted by Gasteiger charge is -2.38. The van der Waals surface area contributed by atoms with Gasteiger partial charge in [-0.05, 0) is 32.8 Å². The topological polar surface area (TPSA) is 85.7 Å². The van der Waals surface area contributed by atoms with Crippen LogP contribution in [0, 0.1) is 6.92 Å². The van der Waals surface area contributed by atoms with E-state index in [2.05, 4.69) is 10.4 Å². The number of nitrogens with one attached hydrogen (secondary N) is 1. The second kappa shape index (κ2) is 6.80. The highest BCUT2D eigenvalue weighted by Gasteiger charge is 2.45. The highest BCUT2D eigenvalue weighted by atomic mass is 16.6. The number of carbonyl (C=O) groups is 2.